The highest BCUT2D eigenvalue weighted by Crippen LogP contribution is 2.26. The predicted octanol–water partition coefficient (Wildman–Crippen LogP) is 3.59. The fourth-order valence-electron chi connectivity index (χ4n) is 3.75. The number of nitrogens with one attached hydrogen (secondary N) is 1. The molecule has 0 spiro atoms. The maximum atomic E-state index is 4.88. The lowest BCUT2D eigenvalue weighted by molar-refractivity contribution is 0.485. The first-order valence-corrected chi connectivity index (χ1v) is 10.3. The van der Waals surface area contributed by atoms with E-state index in [1.54, 1.807) is 0 Å². The van der Waals surface area contributed by atoms with Crippen molar-refractivity contribution in [1.82, 2.24) is 20.0 Å². The summed E-state index contributed by atoms with van der Waals surface area (Å²) in [5.41, 5.74) is 2.78. The molecule has 0 bridgehead atoms. The molecule has 2 aromatic rings. The fourth-order valence-corrected chi connectivity index (χ4v) is 3.75. The summed E-state index contributed by atoms with van der Waals surface area (Å²) >= 11 is 0. The third-order valence-corrected chi connectivity index (χ3v) is 5.25. The minimum absolute atomic E-state index is 0.563. The molecule has 1 aromatic heterocycles. The molecule has 1 N–H and O–H groups in total. The highest BCUT2D eigenvalue weighted by Gasteiger charge is 2.26. The normalized spacial score (nSPS) is 17.5. The van der Waals surface area contributed by atoms with E-state index in [1.165, 1.54) is 36.8 Å². The van der Waals surface area contributed by atoms with Crippen molar-refractivity contribution in [2.45, 2.75) is 44.9 Å². The SMILES string of the molecule is CCNC(=NCCCCCc1ccccc1)N1CCC(c2cnn(C)c2)C1. The number of aliphatic imine (C=N–C) groups is 1. The smallest absolute Gasteiger partial charge is 0.193 e. The maximum absolute atomic E-state index is 4.88. The Morgan fingerprint density at radius 1 is 1.22 bits per heavy atom. The molecule has 2 heterocycles. The summed E-state index contributed by atoms with van der Waals surface area (Å²) in [7, 11) is 1.99. The van der Waals surface area contributed by atoms with Gasteiger partial charge in [0.25, 0.3) is 0 Å². The number of hydrogen-bond donors (Lipinski definition) is 1. The Hall–Kier alpha value is -2.30. The van der Waals surface area contributed by atoms with Crippen molar-refractivity contribution in [1.29, 1.82) is 0 Å². The Balaban J connectivity index is 1.42. The fraction of sp³-hybridized carbons (Fsp3) is 0.545. The first-order valence-electron chi connectivity index (χ1n) is 10.3. The number of rotatable bonds is 8. The van der Waals surface area contributed by atoms with E-state index in [2.05, 4.69) is 58.8 Å². The largest absolute Gasteiger partial charge is 0.357 e. The Kier molecular flexibility index (Phi) is 7.31. The van der Waals surface area contributed by atoms with Crippen LogP contribution in [0.15, 0.2) is 47.7 Å². The van der Waals surface area contributed by atoms with Gasteiger partial charge in [0.15, 0.2) is 5.96 Å². The standard InChI is InChI=1S/C22H33N5/c1-3-23-22(24-14-9-5-8-12-19-10-6-4-7-11-19)27-15-13-20(18-27)21-16-25-26(2)17-21/h4,6-7,10-11,16-17,20H,3,5,8-9,12-15,18H2,1-2H3,(H,23,24). The molecule has 1 aliphatic heterocycles. The molecular weight excluding hydrogens is 334 g/mol. The van der Waals surface area contributed by atoms with Gasteiger partial charge in [-0.1, -0.05) is 36.8 Å². The van der Waals surface area contributed by atoms with E-state index in [0.717, 1.165) is 38.6 Å². The van der Waals surface area contributed by atoms with Crippen LogP contribution in [-0.2, 0) is 13.5 Å². The average Bonchev–Trinajstić information content (AvgIpc) is 3.33. The summed E-state index contributed by atoms with van der Waals surface area (Å²) in [5, 5.41) is 7.79. The highest BCUT2D eigenvalue weighted by molar-refractivity contribution is 5.80. The van der Waals surface area contributed by atoms with Crippen LogP contribution in [0.2, 0.25) is 0 Å². The number of hydrogen-bond acceptors (Lipinski definition) is 2. The van der Waals surface area contributed by atoms with Crippen LogP contribution < -0.4 is 5.32 Å². The molecule has 1 unspecified atom stereocenters. The van der Waals surface area contributed by atoms with E-state index in [-0.39, 0.29) is 0 Å². The minimum atomic E-state index is 0.563. The van der Waals surface area contributed by atoms with Crippen LogP contribution in [0.25, 0.3) is 0 Å². The second-order valence-electron chi connectivity index (χ2n) is 7.41. The summed E-state index contributed by atoms with van der Waals surface area (Å²) in [6, 6.07) is 10.8. The quantitative estimate of drug-likeness (QED) is 0.441. The first-order chi connectivity index (χ1) is 13.3. The molecule has 0 radical (unpaired) electrons. The van der Waals surface area contributed by atoms with Gasteiger partial charge >= 0.3 is 0 Å². The van der Waals surface area contributed by atoms with Gasteiger partial charge in [-0.15, -0.1) is 0 Å². The minimum Gasteiger partial charge on any atom is -0.357 e. The topological polar surface area (TPSA) is 45.5 Å². The first kappa shape index (κ1) is 19.5. The number of aryl methyl sites for hydroxylation is 2. The molecule has 1 aromatic carbocycles. The van der Waals surface area contributed by atoms with Crippen molar-refractivity contribution >= 4 is 5.96 Å². The Morgan fingerprint density at radius 2 is 2.07 bits per heavy atom. The molecule has 27 heavy (non-hydrogen) atoms. The molecule has 1 fully saturated rings. The Morgan fingerprint density at radius 3 is 2.81 bits per heavy atom. The average molecular weight is 368 g/mol. The van der Waals surface area contributed by atoms with Gasteiger partial charge in [-0.3, -0.25) is 9.67 Å². The van der Waals surface area contributed by atoms with Crippen LogP contribution >= 0.6 is 0 Å². The van der Waals surface area contributed by atoms with E-state index < -0.39 is 0 Å². The van der Waals surface area contributed by atoms with E-state index >= 15 is 0 Å². The van der Waals surface area contributed by atoms with E-state index in [4.69, 9.17) is 4.99 Å². The Bertz CT molecular complexity index is 707. The highest BCUT2D eigenvalue weighted by atomic mass is 15.3. The van der Waals surface area contributed by atoms with Gasteiger partial charge in [0, 0.05) is 45.3 Å². The number of aromatic nitrogens is 2. The molecule has 5 nitrogen and oxygen atoms in total. The van der Waals surface area contributed by atoms with Crippen LogP contribution in [0, 0.1) is 0 Å². The van der Waals surface area contributed by atoms with Gasteiger partial charge in [-0.05, 0) is 43.7 Å². The number of unbranched alkanes of at least 4 members (excludes halogenated alkanes) is 2. The summed E-state index contributed by atoms with van der Waals surface area (Å²) < 4.78 is 1.90. The van der Waals surface area contributed by atoms with E-state index in [1.807, 2.05) is 17.9 Å². The second kappa shape index (κ2) is 10.1. The van der Waals surface area contributed by atoms with Crippen molar-refractivity contribution < 1.29 is 0 Å². The summed E-state index contributed by atoms with van der Waals surface area (Å²) in [6.07, 6.45) is 10.1. The van der Waals surface area contributed by atoms with Crippen molar-refractivity contribution in [2.24, 2.45) is 12.0 Å². The summed E-state index contributed by atoms with van der Waals surface area (Å²) in [6.45, 7) is 6.07. The van der Waals surface area contributed by atoms with Crippen LogP contribution in [0.5, 0.6) is 0 Å². The monoisotopic (exact) mass is 367 g/mol. The lowest BCUT2D eigenvalue weighted by atomic mass is 10.0. The van der Waals surface area contributed by atoms with Crippen LogP contribution in [0.1, 0.15) is 49.7 Å². The van der Waals surface area contributed by atoms with E-state index in [9.17, 15) is 0 Å². The number of guanidine groups is 1. The number of nitrogens with zero attached hydrogens (tertiary/aromatic N) is 4. The van der Waals surface area contributed by atoms with Gasteiger partial charge in [0.2, 0.25) is 0 Å². The van der Waals surface area contributed by atoms with Gasteiger partial charge in [0.1, 0.15) is 0 Å². The molecular formula is C22H33N5. The van der Waals surface area contributed by atoms with Gasteiger partial charge in [-0.25, -0.2) is 0 Å². The zero-order chi connectivity index (χ0) is 18.9. The second-order valence-corrected chi connectivity index (χ2v) is 7.41. The van der Waals surface area contributed by atoms with Crippen molar-refractivity contribution in [3.8, 4) is 0 Å². The summed E-state index contributed by atoms with van der Waals surface area (Å²) in [5.74, 6) is 1.64. The van der Waals surface area contributed by atoms with Crippen LogP contribution in [0.3, 0.4) is 0 Å². The zero-order valence-electron chi connectivity index (χ0n) is 16.8. The molecule has 1 aliphatic rings. The van der Waals surface area contributed by atoms with Crippen LogP contribution in [-0.4, -0.2) is 46.8 Å². The van der Waals surface area contributed by atoms with Crippen LogP contribution in [0.4, 0.5) is 0 Å². The number of likely N-dealkylation sites (tertiary alicyclic amines) is 1. The lowest BCUT2D eigenvalue weighted by Gasteiger charge is -2.21. The lowest BCUT2D eigenvalue weighted by Crippen LogP contribution is -2.40. The maximum Gasteiger partial charge on any atom is 0.193 e. The Labute approximate surface area is 163 Å². The molecule has 0 amide bonds. The molecule has 0 saturated carbocycles. The predicted molar refractivity (Wildman–Crippen MR) is 112 cm³/mol. The van der Waals surface area contributed by atoms with Gasteiger partial charge < -0.3 is 10.2 Å². The summed E-state index contributed by atoms with van der Waals surface area (Å²) in [4.78, 5) is 7.29. The molecule has 1 saturated heterocycles. The molecule has 5 heteroatoms. The molecule has 0 aliphatic carbocycles. The molecule has 3 rings (SSSR count). The molecule has 1 atom stereocenters. The van der Waals surface area contributed by atoms with Gasteiger partial charge in [0.05, 0.1) is 6.20 Å². The van der Waals surface area contributed by atoms with Crippen molar-refractivity contribution in [2.75, 3.05) is 26.2 Å². The van der Waals surface area contributed by atoms with Crippen molar-refractivity contribution in [3.05, 3.63) is 53.9 Å². The third kappa shape index (κ3) is 5.84. The third-order valence-electron chi connectivity index (χ3n) is 5.25. The van der Waals surface area contributed by atoms with E-state index in [0.29, 0.717) is 5.92 Å². The number of benzene rings is 1. The van der Waals surface area contributed by atoms with Crippen molar-refractivity contribution in [3.63, 3.8) is 0 Å². The zero-order valence-corrected chi connectivity index (χ0v) is 16.8. The van der Waals surface area contributed by atoms with Gasteiger partial charge in [-0.2, -0.15) is 5.10 Å². The molecule has 146 valence electrons.